The molecule has 6 heteroatoms. The Hall–Kier alpha value is -3.15. The van der Waals surface area contributed by atoms with Crippen molar-refractivity contribution in [1.29, 1.82) is 0 Å². The van der Waals surface area contributed by atoms with Gasteiger partial charge < -0.3 is 14.7 Å². The second-order valence-electron chi connectivity index (χ2n) is 10.3. The zero-order valence-electron chi connectivity index (χ0n) is 22.2. The molecule has 4 rings (SSSR count). The smallest absolute Gasteiger partial charge is 0.224 e. The van der Waals surface area contributed by atoms with Crippen molar-refractivity contribution >= 4 is 17.3 Å². The highest BCUT2D eigenvalue weighted by molar-refractivity contribution is 5.77. The maximum Gasteiger partial charge on any atom is 0.224 e. The second kappa shape index (κ2) is 12.2. The number of anilines is 1. The van der Waals surface area contributed by atoms with Gasteiger partial charge in [-0.3, -0.25) is 4.79 Å². The average Bonchev–Trinajstić information content (AvgIpc) is 2.92. The van der Waals surface area contributed by atoms with E-state index in [2.05, 4.69) is 71.7 Å². The van der Waals surface area contributed by atoms with Gasteiger partial charge in [-0.15, -0.1) is 5.10 Å². The predicted octanol–water partition coefficient (Wildman–Crippen LogP) is 5.24. The molecular formula is C30H41N5O. The molecule has 1 saturated heterocycles. The molecule has 2 heterocycles. The van der Waals surface area contributed by atoms with E-state index < -0.39 is 0 Å². The van der Waals surface area contributed by atoms with Crippen LogP contribution in [0.25, 0.3) is 5.57 Å². The lowest BCUT2D eigenvalue weighted by Gasteiger charge is -2.36. The van der Waals surface area contributed by atoms with Crippen molar-refractivity contribution in [1.82, 2.24) is 20.0 Å². The lowest BCUT2D eigenvalue weighted by Crippen LogP contribution is -2.49. The lowest BCUT2D eigenvalue weighted by molar-refractivity contribution is -0.131. The van der Waals surface area contributed by atoms with Crippen LogP contribution < -0.4 is 4.90 Å². The number of allylic oxidation sites excluding steroid dienone is 3. The number of nitrogens with zero attached hydrogens (tertiary/aromatic N) is 5. The summed E-state index contributed by atoms with van der Waals surface area (Å²) < 4.78 is 0. The van der Waals surface area contributed by atoms with Crippen LogP contribution in [0.2, 0.25) is 0 Å². The third-order valence-electron chi connectivity index (χ3n) is 7.84. The third-order valence-corrected chi connectivity index (χ3v) is 7.84. The maximum absolute atomic E-state index is 13.1. The van der Waals surface area contributed by atoms with Gasteiger partial charge in [-0.2, -0.15) is 5.10 Å². The fraction of sp³-hybridized carbons (Fsp3) is 0.500. The zero-order valence-corrected chi connectivity index (χ0v) is 22.2. The topological polar surface area (TPSA) is 52.6 Å². The van der Waals surface area contributed by atoms with Crippen molar-refractivity contribution in [3.05, 3.63) is 71.6 Å². The molecule has 0 bridgehead atoms. The molecular weight excluding hydrogens is 446 g/mol. The number of hydrogen-bond acceptors (Lipinski definition) is 5. The van der Waals surface area contributed by atoms with Crippen LogP contribution in [0, 0.1) is 19.8 Å². The average molecular weight is 488 g/mol. The Balaban J connectivity index is 1.37. The molecule has 2 aliphatic rings. The number of benzene rings is 1. The minimum absolute atomic E-state index is 0.233. The first kappa shape index (κ1) is 25.9. The lowest BCUT2D eigenvalue weighted by atomic mass is 9.85. The number of rotatable bonds is 8. The third kappa shape index (κ3) is 6.54. The standard InChI is InChI=1S/C30H41N5O/c1-23-12-13-27(21-24(23)2)25(3)22-28(26-9-6-5-7-10-26)33(4)16-14-30(36)35-19-17-34(18-20-35)29-11-8-15-31-32-29/h8,11-13,15,21-22,26H,3,5-7,9-10,14,16-20H2,1-2,4H3/b28-22-. The van der Waals surface area contributed by atoms with Gasteiger partial charge in [-0.1, -0.05) is 44.0 Å². The van der Waals surface area contributed by atoms with Gasteiger partial charge >= 0.3 is 0 Å². The van der Waals surface area contributed by atoms with Gasteiger partial charge in [0.2, 0.25) is 5.91 Å². The first-order chi connectivity index (χ1) is 17.4. The number of carbonyl (C=O) groups is 1. The van der Waals surface area contributed by atoms with Crippen LogP contribution in [-0.4, -0.2) is 65.7 Å². The number of carbonyl (C=O) groups excluding carboxylic acids is 1. The van der Waals surface area contributed by atoms with Crippen LogP contribution in [-0.2, 0) is 4.79 Å². The summed E-state index contributed by atoms with van der Waals surface area (Å²) in [6.07, 6.45) is 10.8. The second-order valence-corrected chi connectivity index (χ2v) is 10.3. The summed E-state index contributed by atoms with van der Waals surface area (Å²) in [4.78, 5) is 19.6. The highest BCUT2D eigenvalue weighted by Gasteiger charge is 2.24. The van der Waals surface area contributed by atoms with Crippen LogP contribution in [0.3, 0.4) is 0 Å². The summed E-state index contributed by atoms with van der Waals surface area (Å²) >= 11 is 0. The largest absolute Gasteiger partial charge is 0.377 e. The van der Waals surface area contributed by atoms with Gasteiger partial charge in [0.15, 0.2) is 5.82 Å². The van der Waals surface area contributed by atoms with Crippen LogP contribution in [0.5, 0.6) is 0 Å². The first-order valence-electron chi connectivity index (χ1n) is 13.4. The number of piperazine rings is 1. The van der Waals surface area contributed by atoms with E-state index in [-0.39, 0.29) is 5.91 Å². The molecule has 1 saturated carbocycles. The fourth-order valence-corrected chi connectivity index (χ4v) is 5.34. The Morgan fingerprint density at radius 1 is 1.08 bits per heavy atom. The zero-order chi connectivity index (χ0) is 25.5. The fourth-order valence-electron chi connectivity index (χ4n) is 5.34. The monoisotopic (exact) mass is 487 g/mol. The van der Waals surface area contributed by atoms with E-state index in [1.165, 1.54) is 54.5 Å². The van der Waals surface area contributed by atoms with Gasteiger partial charge in [0.25, 0.3) is 0 Å². The van der Waals surface area contributed by atoms with Crippen molar-refractivity contribution in [2.24, 2.45) is 5.92 Å². The van der Waals surface area contributed by atoms with Gasteiger partial charge in [-0.25, -0.2) is 0 Å². The van der Waals surface area contributed by atoms with Crippen LogP contribution >= 0.6 is 0 Å². The van der Waals surface area contributed by atoms with E-state index in [1.807, 2.05) is 17.0 Å². The van der Waals surface area contributed by atoms with Gasteiger partial charge in [0, 0.05) is 58.1 Å². The van der Waals surface area contributed by atoms with Crippen LogP contribution in [0.4, 0.5) is 5.82 Å². The van der Waals surface area contributed by atoms with Crippen molar-refractivity contribution in [3.8, 4) is 0 Å². The molecule has 192 valence electrons. The highest BCUT2D eigenvalue weighted by Crippen LogP contribution is 2.33. The predicted molar refractivity (Wildman–Crippen MR) is 148 cm³/mol. The molecule has 2 aromatic rings. The molecule has 1 aliphatic heterocycles. The molecule has 0 N–H and O–H groups in total. The molecule has 6 nitrogen and oxygen atoms in total. The summed E-state index contributed by atoms with van der Waals surface area (Å²) in [7, 11) is 2.15. The Labute approximate surface area is 216 Å². The maximum atomic E-state index is 13.1. The summed E-state index contributed by atoms with van der Waals surface area (Å²) in [5.74, 6) is 1.66. The van der Waals surface area contributed by atoms with Gasteiger partial charge in [0.05, 0.1) is 0 Å². The Bertz CT molecular complexity index is 1070. The molecule has 1 aromatic heterocycles. The minimum atomic E-state index is 0.233. The summed E-state index contributed by atoms with van der Waals surface area (Å²) in [6.45, 7) is 12.5. The number of hydrogen-bond donors (Lipinski definition) is 0. The summed E-state index contributed by atoms with van der Waals surface area (Å²) in [5, 5.41) is 8.18. The Morgan fingerprint density at radius 2 is 1.83 bits per heavy atom. The van der Waals surface area contributed by atoms with E-state index in [0.717, 1.165) is 44.1 Å². The van der Waals surface area contributed by atoms with E-state index in [4.69, 9.17) is 0 Å². The van der Waals surface area contributed by atoms with E-state index >= 15 is 0 Å². The molecule has 36 heavy (non-hydrogen) atoms. The molecule has 0 unspecified atom stereocenters. The normalized spacial score (nSPS) is 17.2. The van der Waals surface area contributed by atoms with E-state index in [0.29, 0.717) is 12.3 Å². The molecule has 1 amide bonds. The van der Waals surface area contributed by atoms with Crippen molar-refractivity contribution in [2.45, 2.75) is 52.4 Å². The Morgan fingerprint density at radius 3 is 2.50 bits per heavy atom. The number of aryl methyl sites for hydroxylation is 2. The minimum Gasteiger partial charge on any atom is -0.377 e. The van der Waals surface area contributed by atoms with Crippen molar-refractivity contribution in [2.75, 3.05) is 44.7 Å². The molecule has 1 aliphatic carbocycles. The number of aromatic nitrogens is 2. The van der Waals surface area contributed by atoms with Crippen LogP contribution in [0.15, 0.2) is 54.9 Å². The van der Waals surface area contributed by atoms with Crippen molar-refractivity contribution in [3.63, 3.8) is 0 Å². The highest BCUT2D eigenvalue weighted by atomic mass is 16.2. The molecule has 0 spiro atoms. The van der Waals surface area contributed by atoms with Crippen LogP contribution in [0.1, 0.15) is 55.2 Å². The number of amides is 1. The molecule has 2 fully saturated rings. The molecule has 0 radical (unpaired) electrons. The summed E-state index contributed by atoms with van der Waals surface area (Å²) in [6, 6.07) is 10.5. The quantitative estimate of drug-likeness (QED) is 0.477. The van der Waals surface area contributed by atoms with Gasteiger partial charge in [-0.05, 0) is 73.1 Å². The van der Waals surface area contributed by atoms with Crippen molar-refractivity contribution < 1.29 is 4.79 Å². The van der Waals surface area contributed by atoms with Gasteiger partial charge in [0.1, 0.15) is 0 Å². The first-order valence-corrected chi connectivity index (χ1v) is 13.4. The Kier molecular flexibility index (Phi) is 8.79. The van der Waals surface area contributed by atoms with E-state index in [9.17, 15) is 4.79 Å². The molecule has 0 atom stereocenters. The SMILES string of the molecule is C=C(/C=C(/C1CCCCC1)N(C)CCC(=O)N1CCN(c2cccnn2)CC1)c1ccc(C)c(C)c1. The molecule has 1 aromatic carbocycles. The van der Waals surface area contributed by atoms with E-state index in [1.54, 1.807) is 6.20 Å². The summed E-state index contributed by atoms with van der Waals surface area (Å²) in [5.41, 5.74) is 6.16.